The third-order valence-electron chi connectivity index (χ3n) is 4.17. The average molecular weight is 462 g/mol. The number of carboxylic acids is 1. The van der Waals surface area contributed by atoms with E-state index in [-0.39, 0.29) is 5.56 Å². The molecule has 0 aliphatic heterocycles. The maximum absolute atomic E-state index is 11.5. The maximum atomic E-state index is 11.5. The van der Waals surface area contributed by atoms with Crippen molar-refractivity contribution in [1.29, 1.82) is 0 Å². The van der Waals surface area contributed by atoms with Gasteiger partial charge in [-0.15, -0.1) is 0 Å². The summed E-state index contributed by atoms with van der Waals surface area (Å²) in [6.07, 6.45) is 1.56. The number of carbonyl (C=O) groups is 1. The van der Waals surface area contributed by atoms with Crippen molar-refractivity contribution < 1.29 is 9.90 Å². The molecule has 0 saturated heterocycles. The van der Waals surface area contributed by atoms with E-state index in [1.54, 1.807) is 28.8 Å². The van der Waals surface area contributed by atoms with Gasteiger partial charge in [-0.25, -0.2) is 9.78 Å². The van der Waals surface area contributed by atoms with Gasteiger partial charge in [-0.1, -0.05) is 53.5 Å². The van der Waals surface area contributed by atoms with Crippen molar-refractivity contribution in [3.8, 4) is 22.5 Å². The van der Waals surface area contributed by atoms with Crippen molar-refractivity contribution in [2.24, 2.45) is 0 Å². The lowest BCUT2D eigenvalue weighted by molar-refractivity contribution is 0.0696. The lowest BCUT2D eigenvalue weighted by atomic mass is 10.0. The summed E-state index contributed by atoms with van der Waals surface area (Å²) in [5, 5.41) is 10.6. The van der Waals surface area contributed by atoms with E-state index < -0.39 is 5.97 Å². The molecule has 0 saturated carbocycles. The van der Waals surface area contributed by atoms with E-state index in [0.717, 1.165) is 16.8 Å². The summed E-state index contributed by atoms with van der Waals surface area (Å²) < 4.78 is 2.34. The summed E-state index contributed by atoms with van der Waals surface area (Å²) in [4.78, 5) is 16.3. The Bertz CT molecular complexity index is 1190. The highest BCUT2D eigenvalue weighted by molar-refractivity contribution is 9.10. The molecule has 4 rings (SSSR count). The molecule has 134 valence electrons. The summed E-state index contributed by atoms with van der Waals surface area (Å²) in [6.45, 7) is 0. The van der Waals surface area contributed by atoms with Gasteiger partial charge in [0.1, 0.15) is 0 Å². The highest BCUT2D eigenvalue weighted by Crippen LogP contribution is 2.38. The van der Waals surface area contributed by atoms with Crippen molar-refractivity contribution in [3.63, 3.8) is 0 Å². The molecule has 2 aromatic heterocycles. The van der Waals surface area contributed by atoms with Crippen LogP contribution in [0.5, 0.6) is 0 Å². The first-order valence-corrected chi connectivity index (χ1v) is 9.46. The molecular formula is C20H11BrCl2N2O2. The fourth-order valence-electron chi connectivity index (χ4n) is 2.95. The number of nitrogens with zero attached hydrogens (tertiary/aromatic N) is 2. The monoisotopic (exact) mass is 460 g/mol. The van der Waals surface area contributed by atoms with Crippen molar-refractivity contribution >= 4 is 50.7 Å². The third-order valence-corrected chi connectivity index (χ3v) is 5.33. The minimum absolute atomic E-state index is 0.146. The Labute approximate surface area is 173 Å². The van der Waals surface area contributed by atoms with E-state index in [9.17, 15) is 9.90 Å². The number of rotatable bonds is 3. The van der Waals surface area contributed by atoms with Gasteiger partial charge in [-0.3, -0.25) is 4.40 Å². The standard InChI is InChI=1S/C20H11BrCl2N2O2/c21-15-9-12(20(26)27)10-25-18(11-5-7-13(22)8-6-11)17(24-19(15)25)14-3-1-2-4-16(14)23/h1-10H,(H,26,27). The largest absolute Gasteiger partial charge is 0.478 e. The summed E-state index contributed by atoms with van der Waals surface area (Å²) in [7, 11) is 0. The molecule has 4 aromatic rings. The first kappa shape index (κ1) is 18.0. The number of pyridine rings is 1. The predicted molar refractivity (Wildman–Crippen MR) is 111 cm³/mol. The van der Waals surface area contributed by atoms with Crippen molar-refractivity contribution in [3.05, 3.63) is 80.9 Å². The minimum Gasteiger partial charge on any atom is -0.478 e. The highest BCUT2D eigenvalue weighted by Gasteiger charge is 2.20. The van der Waals surface area contributed by atoms with Crippen LogP contribution in [0, 0.1) is 0 Å². The molecular weight excluding hydrogens is 451 g/mol. The molecule has 27 heavy (non-hydrogen) atoms. The molecule has 0 amide bonds. The van der Waals surface area contributed by atoms with Crippen LogP contribution >= 0.6 is 39.1 Å². The van der Waals surface area contributed by atoms with Gasteiger partial charge < -0.3 is 5.11 Å². The normalized spacial score (nSPS) is 11.1. The quantitative estimate of drug-likeness (QED) is 0.382. The number of halogens is 3. The fourth-order valence-corrected chi connectivity index (χ4v) is 3.82. The van der Waals surface area contributed by atoms with Gasteiger partial charge in [-0.2, -0.15) is 0 Å². The van der Waals surface area contributed by atoms with Crippen LogP contribution < -0.4 is 0 Å². The van der Waals surface area contributed by atoms with E-state index >= 15 is 0 Å². The Morgan fingerprint density at radius 2 is 1.78 bits per heavy atom. The lowest BCUT2D eigenvalue weighted by Crippen LogP contribution is -2.00. The van der Waals surface area contributed by atoms with E-state index in [4.69, 9.17) is 28.2 Å². The van der Waals surface area contributed by atoms with E-state index in [0.29, 0.717) is 25.9 Å². The van der Waals surface area contributed by atoms with Gasteiger partial charge in [0, 0.05) is 22.3 Å². The number of hydrogen-bond acceptors (Lipinski definition) is 2. The summed E-state index contributed by atoms with van der Waals surface area (Å²) in [5.74, 6) is -1.02. The van der Waals surface area contributed by atoms with Gasteiger partial charge in [0.25, 0.3) is 0 Å². The Kier molecular flexibility index (Phi) is 4.68. The van der Waals surface area contributed by atoms with Crippen molar-refractivity contribution in [2.75, 3.05) is 0 Å². The van der Waals surface area contributed by atoms with E-state index in [2.05, 4.69) is 15.9 Å². The van der Waals surface area contributed by atoms with Crippen LogP contribution in [0.4, 0.5) is 0 Å². The molecule has 0 unspecified atom stereocenters. The Hall–Kier alpha value is -2.34. The number of benzene rings is 2. The van der Waals surface area contributed by atoms with Crippen LogP contribution in [0.25, 0.3) is 28.2 Å². The van der Waals surface area contributed by atoms with Crippen LogP contribution in [0.1, 0.15) is 10.4 Å². The molecule has 0 bridgehead atoms. The van der Waals surface area contributed by atoms with Gasteiger partial charge in [0.2, 0.25) is 0 Å². The van der Waals surface area contributed by atoms with Crippen molar-refractivity contribution in [2.45, 2.75) is 0 Å². The molecule has 0 atom stereocenters. The fraction of sp³-hybridized carbons (Fsp3) is 0. The van der Waals surface area contributed by atoms with Gasteiger partial charge in [0.05, 0.1) is 26.4 Å². The minimum atomic E-state index is -1.02. The second-order valence-electron chi connectivity index (χ2n) is 5.87. The molecule has 0 radical (unpaired) electrons. The second-order valence-corrected chi connectivity index (χ2v) is 7.57. The van der Waals surface area contributed by atoms with Crippen LogP contribution in [0.3, 0.4) is 0 Å². The summed E-state index contributed by atoms with van der Waals surface area (Å²) in [5.41, 5.74) is 3.74. The molecule has 0 aliphatic rings. The molecule has 1 N–H and O–H groups in total. The SMILES string of the molecule is O=C(O)c1cc(Br)c2nc(-c3ccccc3Cl)c(-c3ccc(Cl)cc3)n2c1. The summed E-state index contributed by atoms with van der Waals surface area (Å²) in [6, 6.07) is 16.2. The first-order chi connectivity index (χ1) is 13.0. The van der Waals surface area contributed by atoms with E-state index in [1.807, 2.05) is 30.3 Å². The molecule has 0 fully saturated rings. The molecule has 7 heteroatoms. The Morgan fingerprint density at radius 1 is 1.07 bits per heavy atom. The van der Waals surface area contributed by atoms with Crippen LogP contribution in [-0.2, 0) is 0 Å². The molecule has 0 aliphatic carbocycles. The number of aromatic carboxylic acids is 1. The van der Waals surface area contributed by atoms with Gasteiger partial charge >= 0.3 is 5.97 Å². The number of fused-ring (bicyclic) bond motifs is 1. The van der Waals surface area contributed by atoms with Crippen molar-refractivity contribution in [1.82, 2.24) is 9.38 Å². The predicted octanol–water partition coefficient (Wildman–Crippen LogP) is 6.44. The number of aromatic nitrogens is 2. The number of imidazole rings is 1. The molecule has 0 spiro atoms. The average Bonchev–Trinajstić information content (AvgIpc) is 3.02. The zero-order valence-corrected chi connectivity index (χ0v) is 16.8. The molecule has 2 heterocycles. The topological polar surface area (TPSA) is 54.6 Å². The van der Waals surface area contributed by atoms with Crippen LogP contribution in [-0.4, -0.2) is 20.5 Å². The maximum Gasteiger partial charge on any atom is 0.337 e. The zero-order valence-electron chi connectivity index (χ0n) is 13.7. The number of hydrogen-bond donors (Lipinski definition) is 1. The first-order valence-electron chi connectivity index (χ1n) is 7.91. The second kappa shape index (κ2) is 7.00. The Balaban J connectivity index is 2.12. The lowest BCUT2D eigenvalue weighted by Gasteiger charge is -2.08. The third kappa shape index (κ3) is 3.23. The molecule has 2 aromatic carbocycles. The van der Waals surface area contributed by atoms with Gasteiger partial charge in [0.15, 0.2) is 5.65 Å². The number of carboxylic acid groups (broad SMARTS) is 1. The smallest absolute Gasteiger partial charge is 0.337 e. The van der Waals surface area contributed by atoms with Crippen LogP contribution in [0.15, 0.2) is 65.3 Å². The molecule has 4 nitrogen and oxygen atoms in total. The van der Waals surface area contributed by atoms with Gasteiger partial charge in [-0.05, 0) is 40.2 Å². The highest BCUT2D eigenvalue weighted by atomic mass is 79.9. The Morgan fingerprint density at radius 3 is 2.44 bits per heavy atom. The summed E-state index contributed by atoms with van der Waals surface area (Å²) >= 11 is 15.9. The van der Waals surface area contributed by atoms with Crippen LogP contribution in [0.2, 0.25) is 10.0 Å². The zero-order chi connectivity index (χ0) is 19.1. The van der Waals surface area contributed by atoms with E-state index in [1.165, 1.54) is 6.07 Å².